The quantitative estimate of drug-likeness (QED) is 0.397. The van der Waals surface area contributed by atoms with E-state index in [1.807, 2.05) is 13.8 Å². The van der Waals surface area contributed by atoms with E-state index in [1.54, 1.807) is 10.6 Å². The van der Waals surface area contributed by atoms with E-state index in [0.717, 1.165) is 12.8 Å². The number of aryl methyl sites for hydroxylation is 2. The average molecular weight is 443 g/mol. The van der Waals surface area contributed by atoms with Crippen molar-refractivity contribution < 1.29 is 14.3 Å². The van der Waals surface area contributed by atoms with Crippen LogP contribution < -0.4 is 11.2 Å². The van der Waals surface area contributed by atoms with Gasteiger partial charge in [0.1, 0.15) is 11.3 Å². The Labute approximate surface area is 179 Å². The molecule has 4 aromatic rings. The summed E-state index contributed by atoms with van der Waals surface area (Å²) in [5, 5.41) is 9.49. The molecule has 0 aliphatic heterocycles. The molecule has 0 atom stereocenters. The monoisotopic (exact) mass is 443 g/mol. The maximum absolute atomic E-state index is 12.5. The van der Waals surface area contributed by atoms with E-state index in [9.17, 15) is 14.4 Å². The smallest absolute Gasteiger partial charge is 0.335 e. The minimum absolute atomic E-state index is 0.134. The van der Waals surface area contributed by atoms with Crippen molar-refractivity contribution in [1.29, 1.82) is 0 Å². The largest absolute Gasteiger partial charge is 0.478 e. The Morgan fingerprint density at radius 1 is 1.23 bits per heavy atom. The van der Waals surface area contributed by atoms with Gasteiger partial charge in [-0.15, -0.1) is 0 Å². The van der Waals surface area contributed by atoms with Crippen molar-refractivity contribution in [3.05, 3.63) is 50.4 Å². The van der Waals surface area contributed by atoms with E-state index < -0.39 is 17.2 Å². The number of aromatic nitrogens is 5. The number of imidazole rings is 1. The topological polar surface area (TPSA) is 136 Å². The molecule has 0 aliphatic carbocycles. The van der Waals surface area contributed by atoms with E-state index >= 15 is 0 Å². The molecule has 4 rings (SSSR count). The van der Waals surface area contributed by atoms with Crippen LogP contribution in [0.1, 0.15) is 42.9 Å². The first-order chi connectivity index (χ1) is 14.9. The second-order valence-corrected chi connectivity index (χ2v) is 7.89. The molecule has 11 heteroatoms. The maximum Gasteiger partial charge on any atom is 0.335 e. The number of nitrogens with zero attached hydrogens (tertiary/aromatic N) is 4. The van der Waals surface area contributed by atoms with Crippen LogP contribution in [0.4, 0.5) is 0 Å². The van der Waals surface area contributed by atoms with Gasteiger partial charge in [0.15, 0.2) is 16.7 Å². The lowest BCUT2D eigenvalue weighted by Crippen LogP contribution is -2.31. The Hall–Kier alpha value is -3.34. The average Bonchev–Trinajstić information content (AvgIpc) is 3.32. The van der Waals surface area contributed by atoms with Crippen molar-refractivity contribution in [2.24, 2.45) is 0 Å². The molecule has 31 heavy (non-hydrogen) atoms. The lowest BCUT2D eigenvalue weighted by Gasteiger charge is -2.06. The van der Waals surface area contributed by atoms with Crippen molar-refractivity contribution in [3.8, 4) is 0 Å². The number of H-pyrrole nitrogens is 1. The van der Waals surface area contributed by atoms with Crippen LogP contribution in [0.2, 0.25) is 0 Å². The van der Waals surface area contributed by atoms with E-state index in [4.69, 9.17) is 9.52 Å². The molecule has 0 saturated carbocycles. The highest BCUT2D eigenvalue weighted by atomic mass is 32.2. The molecular weight excluding hydrogens is 422 g/mol. The number of carbonyl (C=O) groups is 1. The van der Waals surface area contributed by atoms with Crippen molar-refractivity contribution in [2.75, 3.05) is 0 Å². The first kappa shape index (κ1) is 20.9. The van der Waals surface area contributed by atoms with E-state index in [-0.39, 0.29) is 5.56 Å². The molecule has 0 unspecified atom stereocenters. The molecule has 0 amide bonds. The third-order valence-electron chi connectivity index (χ3n) is 4.96. The Morgan fingerprint density at radius 2 is 2.03 bits per heavy atom. The van der Waals surface area contributed by atoms with Gasteiger partial charge in [-0.3, -0.25) is 14.3 Å². The van der Waals surface area contributed by atoms with Crippen molar-refractivity contribution >= 4 is 40.0 Å². The molecular formula is C20H21N5O5S. The minimum Gasteiger partial charge on any atom is -0.478 e. The second kappa shape index (κ2) is 8.42. The highest BCUT2D eigenvalue weighted by Gasteiger charge is 2.19. The van der Waals surface area contributed by atoms with Gasteiger partial charge in [-0.2, -0.15) is 0 Å². The van der Waals surface area contributed by atoms with Gasteiger partial charge in [0.25, 0.3) is 10.8 Å². The summed E-state index contributed by atoms with van der Waals surface area (Å²) in [6.45, 7) is 4.92. The van der Waals surface area contributed by atoms with Crippen molar-refractivity contribution in [3.63, 3.8) is 0 Å². The van der Waals surface area contributed by atoms with Crippen LogP contribution in [0.5, 0.6) is 0 Å². The van der Waals surface area contributed by atoms with Gasteiger partial charge in [0.05, 0.1) is 11.3 Å². The van der Waals surface area contributed by atoms with Crippen LogP contribution >= 0.6 is 11.8 Å². The zero-order valence-corrected chi connectivity index (χ0v) is 17.9. The predicted molar refractivity (Wildman–Crippen MR) is 116 cm³/mol. The Balaban J connectivity index is 1.69. The zero-order valence-electron chi connectivity index (χ0n) is 17.0. The first-order valence-electron chi connectivity index (χ1n) is 9.91. The fourth-order valence-corrected chi connectivity index (χ4v) is 4.20. The molecule has 1 aromatic carbocycles. The summed E-state index contributed by atoms with van der Waals surface area (Å²) in [6, 6.07) is 4.49. The van der Waals surface area contributed by atoms with Crippen molar-refractivity contribution in [2.45, 2.75) is 50.8 Å². The highest BCUT2D eigenvalue weighted by molar-refractivity contribution is 7.98. The van der Waals surface area contributed by atoms with Crippen LogP contribution in [0.25, 0.3) is 22.3 Å². The molecule has 0 fully saturated rings. The normalized spacial score (nSPS) is 11.5. The molecule has 0 spiro atoms. The molecule has 3 heterocycles. The highest BCUT2D eigenvalue weighted by Crippen LogP contribution is 2.27. The molecule has 10 nitrogen and oxygen atoms in total. The summed E-state index contributed by atoms with van der Waals surface area (Å²) >= 11 is 1.28. The first-order valence-corrected chi connectivity index (χ1v) is 10.9. The maximum atomic E-state index is 12.5. The number of rotatable bonds is 8. The number of aromatic amines is 1. The number of thioether (sulfide) groups is 1. The van der Waals surface area contributed by atoms with Crippen LogP contribution in [0.3, 0.4) is 0 Å². The van der Waals surface area contributed by atoms with Gasteiger partial charge in [-0.05, 0) is 31.5 Å². The molecule has 0 aliphatic rings. The molecule has 162 valence electrons. The minimum atomic E-state index is -1.03. The van der Waals surface area contributed by atoms with E-state index in [2.05, 4.69) is 15.0 Å². The lowest BCUT2D eigenvalue weighted by atomic mass is 10.2. The summed E-state index contributed by atoms with van der Waals surface area (Å²) in [6.07, 6.45) is 1.71. The molecule has 0 saturated heterocycles. The van der Waals surface area contributed by atoms with Gasteiger partial charge in [-0.1, -0.05) is 25.1 Å². The van der Waals surface area contributed by atoms with Crippen LogP contribution in [-0.4, -0.2) is 35.2 Å². The summed E-state index contributed by atoms with van der Waals surface area (Å²) < 4.78 is 8.98. The van der Waals surface area contributed by atoms with Gasteiger partial charge in [-0.25, -0.2) is 19.6 Å². The number of unbranched alkanes of at least 4 members (excludes halogenated alkanes) is 1. The summed E-state index contributed by atoms with van der Waals surface area (Å²) in [7, 11) is 0. The number of aromatic carboxylic acids is 1. The fourth-order valence-electron chi connectivity index (χ4n) is 3.42. The third kappa shape index (κ3) is 3.88. The van der Waals surface area contributed by atoms with Crippen molar-refractivity contribution in [1.82, 2.24) is 24.1 Å². The number of hydrogen-bond acceptors (Lipinski definition) is 7. The molecule has 3 aromatic heterocycles. The molecule has 0 radical (unpaired) electrons. The number of fused-ring (bicyclic) bond motifs is 2. The number of carboxylic acids is 1. The van der Waals surface area contributed by atoms with Crippen LogP contribution in [-0.2, 0) is 18.8 Å². The Morgan fingerprint density at radius 3 is 2.74 bits per heavy atom. The Bertz CT molecular complexity index is 1400. The van der Waals surface area contributed by atoms with Crippen LogP contribution in [0.15, 0.2) is 37.4 Å². The summed E-state index contributed by atoms with van der Waals surface area (Å²) in [4.78, 5) is 47.3. The number of nitrogens with one attached hydrogen (secondary N) is 1. The van der Waals surface area contributed by atoms with Gasteiger partial charge < -0.3 is 14.1 Å². The van der Waals surface area contributed by atoms with Gasteiger partial charge in [0.2, 0.25) is 0 Å². The van der Waals surface area contributed by atoms with E-state index in [0.29, 0.717) is 52.2 Å². The van der Waals surface area contributed by atoms with Crippen LogP contribution in [0, 0.1) is 0 Å². The standard InChI is InChI=1S/C20H21N5O5S/c1-3-5-8-25-16-15(17(26)23-19(25)29)24(4-2)14(22-16)10-31-20-21-12-9-11(18(27)28)6-7-13(12)30-20/h6-7,9H,3-5,8,10H2,1-2H3,(H,27,28)(H,23,26,29). The number of benzene rings is 1. The number of hydrogen-bond donors (Lipinski definition) is 2. The number of oxazole rings is 1. The summed E-state index contributed by atoms with van der Waals surface area (Å²) in [5.41, 5.74) is 0.910. The summed E-state index contributed by atoms with van der Waals surface area (Å²) in [5.74, 6) is -0.0462. The second-order valence-electron chi connectivity index (χ2n) is 6.97. The van der Waals surface area contributed by atoms with Gasteiger partial charge in [0, 0.05) is 13.1 Å². The Kier molecular flexibility index (Phi) is 5.68. The molecule has 2 N–H and O–H groups in total. The predicted octanol–water partition coefficient (Wildman–Crippen LogP) is 2.84. The third-order valence-corrected chi connectivity index (χ3v) is 5.78. The van der Waals surface area contributed by atoms with E-state index in [1.165, 1.54) is 28.5 Å². The SMILES string of the molecule is CCCCn1c(=O)[nH]c(=O)c2c1nc(CSc1nc3cc(C(=O)O)ccc3o1)n2CC. The zero-order chi connectivity index (χ0) is 22.1. The fraction of sp³-hybridized carbons (Fsp3) is 0.350. The molecule has 0 bridgehead atoms. The number of carboxylic acid groups (broad SMARTS) is 1. The lowest BCUT2D eigenvalue weighted by molar-refractivity contribution is 0.0697. The van der Waals surface area contributed by atoms with Gasteiger partial charge >= 0.3 is 11.7 Å².